The Morgan fingerprint density at radius 3 is 2.72 bits per heavy atom. The predicted molar refractivity (Wildman–Crippen MR) is 120 cm³/mol. The maximum absolute atomic E-state index is 12.5. The molecule has 0 saturated heterocycles. The fourth-order valence-electron chi connectivity index (χ4n) is 2.92. The van der Waals surface area contributed by atoms with Crippen molar-refractivity contribution >= 4 is 34.7 Å². The molecular formula is C21H26N4O2S2. The largest absolute Gasteiger partial charge is 0.492 e. The lowest BCUT2D eigenvalue weighted by atomic mass is 10.1. The van der Waals surface area contributed by atoms with Gasteiger partial charge in [-0.25, -0.2) is 0 Å². The number of ether oxygens (including phenoxy) is 1. The van der Waals surface area contributed by atoms with E-state index in [1.165, 1.54) is 22.2 Å². The van der Waals surface area contributed by atoms with Crippen molar-refractivity contribution in [3.05, 3.63) is 40.1 Å². The van der Waals surface area contributed by atoms with Gasteiger partial charge in [-0.05, 0) is 44.9 Å². The van der Waals surface area contributed by atoms with Crippen LogP contribution in [0.1, 0.15) is 30.7 Å². The first-order valence-electron chi connectivity index (χ1n) is 9.67. The molecule has 0 aliphatic carbocycles. The van der Waals surface area contributed by atoms with E-state index in [4.69, 9.17) is 4.74 Å². The molecule has 0 bridgehead atoms. The molecule has 6 nitrogen and oxygen atoms in total. The second-order valence-corrected chi connectivity index (χ2v) is 8.58. The minimum Gasteiger partial charge on any atom is -0.492 e. The van der Waals surface area contributed by atoms with Gasteiger partial charge < -0.3 is 14.6 Å². The van der Waals surface area contributed by atoms with Gasteiger partial charge >= 0.3 is 0 Å². The highest BCUT2D eigenvalue weighted by Gasteiger charge is 2.18. The summed E-state index contributed by atoms with van der Waals surface area (Å²) >= 11 is 3.12. The molecule has 2 aromatic heterocycles. The number of anilines is 1. The van der Waals surface area contributed by atoms with Crippen LogP contribution in [-0.2, 0) is 11.3 Å². The highest BCUT2D eigenvalue weighted by Crippen LogP contribution is 2.32. The number of aryl methyl sites for hydroxylation is 1. The second kappa shape index (κ2) is 9.93. The van der Waals surface area contributed by atoms with Crippen molar-refractivity contribution in [2.75, 3.05) is 17.7 Å². The van der Waals surface area contributed by atoms with Crippen LogP contribution in [0, 0.1) is 13.8 Å². The summed E-state index contributed by atoms with van der Waals surface area (Å²) in [7, 11) is 0. The Kier molecular flexibility index (Phi) is 7.33. The molecule has 2 heterocycles. The quantitative estimate of drug-likeness (QED) is 0.475. The second-order valence-electron chi connectivity index (χ2n) is 6.55. The fourth-order valence-corrected chi connectivity index (χ4v) is 4.55. The van der Waals surface area contributed by atoms with Gasteiger partial charge in [-0.2, -0.15) is 0 Å². The van der Waals surface area contributed by atoms with Gasteiger partial charge in [0.15, 0.2) is 11.0 Å². The number of carbonyl (C=O) groups excluding carboxylic acids is 1. The van der Waals surface area contributed by atoms with Gasteiger partial charge in [0.25, 0.3) is 0 Å². The SMILES string of the molecule is CCCn1c(SCC(=O)Nc2ccccc2OCC)nnc1-c1csc(C)c1C. The predicted octanol–water partition coefficient (Wildman–Crippen LogP) is 5.16. The van der Waals surface area contributed by atoms with Gasteiger partial charge in [-0.1, -0.05) is 30.8 Å². The van der Waals surface area contributed by atoms with Crippen molar-refractivity contribution in [2.24, 2.45) is 0 Å². The number of benzene rings is 1. The molecule has 3 rings (SSSR count). The highest BCUT2D eigenvalue weighted by molar-refractivity contribution is 7.99. The number of hydrogen-bond donors (Lipinski definition) is 1. The van der Waals surface area contributed by atoms with Gasteiger partial charge in [-0.3, -0.25) is 4.79 Å². The molecule has 0 atom stereocenters. The van der Waals surface area contributed by atoms with Crippen molar-refractivity contribution in [1.82, 2.24) is 14.8 Å². The topological polar surface area (TPSA) is 69.0 Å². The van der Waals surface area contributed by atoms with Crippen LogP contribution in [0.15, 0.2) is 34.8 Å². The summed E-state index contributed by atoms with van der Waals surface area (Å²) in [5, 5.41) is 14.6. The zero-order valence-electron chi connectivity index (χ0n) is 17.2. The van der Waals surface area contributed by atoms with Crippen LogP contribution < -0.4 is 10.1 Å². The molecule has 0 aliphatic rings. The first kappa shape index (κ1) is 21.4. The van der Waals surface area contributed by atoms with E-state index in [2.05, 4.69) is 46.2 Å². The third kappa shape index (κ3) is 5.00. The normalized spacial score (nSPS) is 10.9. The van der Waals surface area contributed by atoms with Gasteiger partial charge in [-0.15, -0.1) is 21.5 Å². The average molecular weight is 431 g/mol. The molecule has 3 aromatic rings. The van der Waals surface area contributed by atoms with Crippen molar-refractivity contribution in [1.29, 1.82) is 0 Å². The Morgan fingerprint density at radius 1 is 1.24 bits per heavy atom. The van der Waals surface area contributed by atoms with Crippen molar-refractivity contribution in [3.8, 4) is 17.1 Å². The van der Waals surface area contributed by atoms with E-state index in [1.807, 2.05) is 31.2 Å². The molecule has 0 saturated carbocycles. The summed E-state index contributed by atoms with van der Waals surface area (Å²) in [5.74, 6) is 1.70. The van der Waals surface area contributed by atoms with Crippen LogP contribution in [0.5, 0.6) is 5.75 Å². The summed E-state index contributed by atoms with van der Waals surface area (Å²) in [6, 6.07) is 7.45. The van der Waals surface area contributed by atoms with Crippen LogP contribution in [0.25, 0.3) is 11.4 Å². The number of carbonyl (C=O) groups is 1. The Hall–Kier alpha value is -2.32. The standard InChI is InChI=1S/C21H26N4O2S2/c1-5-11-25-20(16-12-28-15(4)14(16)3)23-24-21(25)29-13-19(26)22-17-9-7-8-10-18(17)27-6-2/h7-10,12H,5-6,11,13H2,1-4H3,(H,22,26). The number of thiophene rings is 1. The lowest BCUT2D eigenvalue weighted by molar-refractivity contribution is -0.113. The number of thioether (sulfide) groups is 1. The van der Waals surface area contributed by atoms with Gasteiger partial charge in [0.2, 0.25) is 5.91 Å². The van der Waals surface area contributed by atoms with Gasteiger partial charge in [0.05, 0.1) is 18.0 Å². The summed E-state index contributed by atoms with van der Waals surface area (Å²) in [6.45, 7) is 9.64. The Morgan fingerprint density at radius 2 is 2.03 bits per heavy atom. The lowest BCUT2D eigenvalue weighted by Gasteiger charge is -2.11. The zero-order chi connectivity index (χ0) is 20.8. The highest BCUT2D eigenvalue weighted by atomic mass is 32.2. The molecule has 0 spiro atoms. The number of nitrogens with one attached hydrogen (secondary N) is 1. The number of rotatable bonds is 9. The average Bonchev–Trinajstić information content (AvgIpc) is 3.25. The molecule has 0 aliphatic heterocycles. The Labute approximate surface area is 179 Å². The van der Waals surface area contributed by atoms with E-state index in [-0.39, 0.29) is 11.7 Å². The molecule has 29 heavy (non-hydrogen) atoms. The van der Waals surface area contributed by atoms with Gasteiger partial charge in [0, 0.05) is 22.4 Å². The van der Waals surface area contributed by atoms with Crippen LogP contribution in [0.4, 0.5) is 5.69 Å². The molecule has 1 amide bonds. The number of hydrogen-bond acceptors (Lipinski definition) is 6. The summed E-state index contributed by atoms with van der Waals surface area (Å²) in [5.41, 5.74) is 3.04. The molecule has 0 radical (unpaired) electrons. The monoisotopic (exact) mass is 430 g/mol. The van der Waals surface area contributed by atoms with Crippen LogP contribution in [0.3, 0.4) is 0 Å². The fraction of sp³-hybridized carbons (Fsp3) is 0.381. The number of aromatic nitrogens is 3. The third-order valence-corrected chi connectivity index (χ3v) is 6.46. The maximum Gasteiger partial charge on any atom is 0.234 e. The van der Waals surface area contributed by atoms with Crippen molar-refractivity contribution < 1.29 is 9.53 Å². The van der Waals surface area contributed by atoms with E-state index in [1.54, 1.807) is 11.3 Å². The van der Waals surface area contributed by atoms with E-state index in [0.29, 0.717) is 18.0 Å². The molecular weight excluding hydrogens is 404 g/mol. The van der Waals surface area contributed by atoms with Crippen molar-refractivity contribution in [2.45, 2.75) is 45.8 Å². The number of amides is 1. The smallest absolute Gasteiger partial charge is 0.234 e. The van der Waals surface area contributed by atoms with Gasteiger partial charge in [0.1, 0.15) is 5.75 Å². The molecule has 1 aromatic carbocycles. The van der Waals surface area contributed by atoms with E-state index in [9.17, 15) is 4.79 Å². The van der Waals surface area contributed by atoms with Crippen LogP contribution >= 0.6 is 23.1 Å². The van der Waals surface area contributed by atoms with E-state index >= 15 is 0 Å². The lowest BCUT2D eigenvalue weighted by Crippen LogP contribution is -2.15. The molecule has 0 unspecified atom stereocenters. The third-order valence-electron chi connectivity index (χ3n) is 4.48. The number of nitrogens with zero attached hydrogens (tertiary/aromatic N) is 3. The van der Waals surface area contributed by atoms with E-state index in [0.717, 1.165) is 29.5 Å². The zero-order valence-corrected chi connectivity index (χ0v) is 18.8. The summed E-state index contributed by atoms with van der Waals surface area (Å²) in [6.07, 6.45) is 0.967. The molecule has 8 heteroatoms. The van der Waals surface area contributed by atoms with Crippen molar-refractivity contribution in [3.63, 3.8) is 0 Å². The van der Waals surface area contributed by atoms with Crippen LogP contribution in [0.2, 0.25) is 0 Å². The maximum atomic E-state index is 12.5. The van der Waals surface area contributed by atoms with E-state index < -0.39 is 0 Å². The molecule has 154 valence electrons. The summed E-state index contributed by atoms with van der Waals surface area (Å²) in [4.78, 5) is 13.8. The Bertz CT molecular complexity index is 981. The first-order chi connectivity index (χ1) is 14.0. The molecule has 1 N–H and O–H groups in total. The minimum atomic E-state index is -0.0997. The first-order valence-corrected chi connectivity index (χ1v) is 11.5. The molecule has 0 fully saturated rings. The number of para-hydroxylation sites is 2. The Balaban J connectivity index is 1.72. The summed E-state index contributed by atoms with van der Waals surface area (Å²) < 4.78 is 7.68. The van der Waals surface area contributed by atoms with Crippen LogP contribution in [-0.4, -0.2) is 33.0 Å². The minimum absolute atomic E-state index is 0.0997.